The van der Waals surface area contributed by atoms with Crippen LogP contribution in [0.25, 0.3) is 0 Å². The number of ether oxygens (including phenoxy) is 2. The molecule has 6 heteroatoms. The molecule has 1 saturated heterocycles. The number of esters is 1. The summed E-state index contributed by atoms with van der Waals surface area (Å²) in [5.41, 5.74) is -1.17. The van der Waals surface area contributed by atoms with Gasteiger partial charge in [-0.2, -0.15) is 0 Å². The van der Waals surface area contributed by atoms with Gasteiger partial charge in [0.1, 0.15) is 6.61 Å². The fraction of sp³-hybridized carbons (Fsp3) is 0.818. The smallest absolute Gasteiger partial charge is 0.306 e. The standard InChI is InChI=1S/C22H34O6/c1-14(23)27-13-15-11-16(24)18-19(2,3)7-6-8-21(18,5)22(15)10-9-20(4,28-22)12-17(25)26/h11,16,18,24H,6-10,12-13H2,1-5H3,(H,25,26)/t16-,18-,20+,21-,22+/m0/s1. The fourth-order valence-electron chi connectivity index (χ4n) is 6.56. The van der Waals surface area contributed by atoms with Crippen molar-refractivity contribution in [2.45, 2.75) is 90.4 Å². The monoisotopic (exact) mass is 394 g/mol. The van der Waals surface area contributed by atoms with E-state index in [1.54, 1.807) is 0 Å². The molecule has 0 aromatic carbocycles. The summed E-state index contributed by atoms with van der Waals surface area (Å²) in [6.07, 6.45) is 5.32. The summed E-state index contributed by atoms with van der Waals surface area (Å²) in [6, 6.07) is 0. The molecule has 2 fully saturated rings. The number of carbonyl (C=O) groups excluding carboxylic acids is 1. The molecule has 3 aliphatic rings. The second-order valence-corrected chi connectivity index (χ2v) is 10.1. The third-order valence-corrected chi connectivity index (χ3v) is 7.58. The molecule has 2 aliphatic carbocycles. The van der Waals surface area contributed by atoms with Crippen LogP contribution in [0.4, 0.5) is 0 Å². The molecule has 0 amide bonds. The van der Waals surface area contributed by atoms with Gasteiger partial charge in [-0.1, -0.05) is 33.3 Å². The number of hydrogen-bond donors (Lipinski definition) is 2. The van der Waals surface area contributed by atoms with E-state index in [0.717, 1.165) is 24.8 Å². The molecule has 0 aromatic heterocycles. The molecule has 0 unspecified atom stereocenters. The largest absolute Gasteiger partial charge is 0.481 e. The first-order valence-electron chi connectivity index (χ1n) is 10.3. The van der Waals surface area contributed by atoms with Gasteiger partial charge >= 0.3 is 11.9 Å². The minimum atomic E-state index is -0.883. The zero-order valence-electron chi connectivity index (χ0n) is 17.7. The quantitative estimate of drug-likeness (QED) is 0.560. The number of aliphatic hydroxyl groups excluding tert-OH is 1. The van der Waals surface area contributed by atoms with Gasteiger partial charge < -0.3 is 19.7 Å². The lowest BCUT2D eigenvalue weighted by molar-refractivity contribution is -0.212. The summed E-state index contributed by atoms with van der Waals surface area (Å²) < 4.78 is 12.0. The molecule has 0 aromatic rings. The molecule has 3 rings (SSSR count). The van der Waals surface area contributed by atoms with Crippen LogP contribution in [0.2, 0.25) is 0 Å². The molecular formula is C22H34O6. The van der Waals surface area contributed by atoms with Crippen LogP contribution < -0.4 is 0 Å². The average Bonchev–Trinajstić information content (AvgIpc) is 2.87. The first-order chi connectivity index (χ1) is 12.9. The number of carboxylic acids is 1. The molecule has 6 nitrogen and oxygen atoms in total. The van der Waals surface area contributed by atoms with Crippen LogP contribution in [0.1, 0.15) is 73.1 Å². The number of carboxylic acid groups (broad SMARTS) is 1. The van der Waals surface area contributed by atoms with Gasteiger partial charge in [0.2, 0.25) is 0 Å². The SMILES string of the molecule is CC(=O)OCC1=C[C@H](O)[C@H]2C(C)(C)CCC[C@]2(C)[C@@]12CC[C@](C)(CC(=O)O)O2. The van der Waals surface area contributed by atoms with Crippen molar-refractivity contribution >= 4 is 11.9 Å². The van der Waals surface area contributed by atoms with Gasteiger partial charge in [0.25, 0.3) is 0 Å². The summed E-state index contributed by atoms with van der Waals surface area (Å²) in [5, 5.41) is 20.5. The Bertz CT molecular complexity index is 697. The Morgan fingerprint density at radius 2 is 1.86 bits per heavy atom. The van der Waals surface area contributed by atoms with E-state index in [4.69, 9.17) is 9.47 Å². The van der Waals surface area contributed by atoms with Gasteiger partial charge in [0, 0.05) is 18.3 Å². The van der Waals surface area contributed by atoms with E-state index in [9.17, 15) is 19.8 Å². The Balaban J connectivity index is 2.10. The first-order valence-corrected chi connectivity index (χ1v) is 10.3. The van der Waals surface area contributed by atoms with E-state index in [1.807, 2.05) is 13.0 Å². The van der Waals surface area contributed by atoms with Crippen LogP contribution in [-0.4, -0.2) is 46.1 Å². The van der Waals surface area contributed by atoms with Crippen molar-refractivity contribution in [2.75, 3.05) is 6.61 Å². The summed E-state index contributed by atoms with van der Waals surface area (Å²) in [6.45, 7) is 9.86. The lowest BCUT2D eigenvalue weighted by atomic mass is 9.46. The number of aliphatic carboxylic acids is 1. The second kappa shape index (κ2) is 6.84. The molecule has 5 atom stereocenters. The predicted molar refractivity (Wildman–Crippen MR) is 104 cm³/mol. The fourth-order valence-corrected chi connectivity index (χ4v) is 6.56. The van der Waals surface area contributed by atoms with Gasteiger partial charge in [-0.05, 0) is 43.6 Å². The average molecular weight is 395 g/mol. The molecule has 158 valence electrons. The van der Waals surface area contributed by atoms with Gasteiger partial charge in [-0.3, -0.25) is 9.59 Å². The van der Waals surface area contributed by atoms with Gasteiger partial charge in [0.05, 0.1) is 23.7 Å². The maximum absolute atomic E-state index is 11.5. The Morgan fingerprint density at radius 1 is 1.18 bits per heavy atom. The van der Waals surface area contributed by atoms with Crippen LogP contribution in [0, 0.1) is 16.7 Å². The van der Waals surface area contributed by atoms with Gasteiger partial charge in [-0.25, -0.2) is 0 Å². The van der Waals surface area contributed by atoms with Gasteiger partial charge in [0.15, 0.2) is 0 Å². The number of hydrogen-bond acceptors (Lipinski definition) is 5. The number of fused-ring (bicyclic) bond motifs is 2. The summed E-state index contributed by atoms with van der Waals surface area (Å²) >= 11 is 0. The van der Waals surface area contributed by atoms with Crippen LogP contribution in [0.5, 0.6) is 0 Å². The normalized spacial score (nSPS) is 42.0. The zero-order chi connectivity index (χ0) is 21.0. The lowest BCUT2D eigenvalue weighted by Gasteiger charge is -2.62. The van der Waals surface area contributed by atoms with Crippen LogP contribution in [-0.2, 0) is 19.1 Å². The van der Waals surface area contributed by atoms with Gasteiger partial charge in [-0.15, -0.1) is 0 Å². The third kappa shape index (κ3) is 3.28. The Kier molecular flexibility index (Phi) is 5.20. The van der Waals surface area contributed by atoms with E-state index >= 15 is 0 Å². The molecular weight excluding hydrogens is 360 g/mol. The van der Waals surface area contributed by atoms with Crippen molar-refractivity contribution in [1.82, 2.24) is 0 Å². The Labute approximate surface area is 167 Å². The van der Waals surface area contributed by atoms with Crippen molar-refractivity contribution < 1.29 is 29.3 Å². The van der Waals surface area contributed by atoms with E-state index in [1.165, 1.54) is 6.92 Å². The van der Waals surface area contributed by atoms with E-state index < -0.39 is 23.3 Å². The van der Waals surface area contributed by atoms with Crippen molar-refractivity contribution in [3.05, 3.63) is 11.6 Å². The van der Waals surface area contributed by atoms with Crippen molar-refractivity contribution in [3.63, 3.8) is 0 Å². The van der Waals surface area contributed by atoms with Crippen molar-refractivity contribution in [3.8, 4) is 0 Å². The molecule has 0 bridgehead atoms. The number of carbonyl (C=O) groups is 2. The van der Waals surface area contributed by atoms with E-state index in [0.29, 0.717) is 12.8 Å². The maximum Gasteiger partial charge on any atom is 0.306 e. The van der Waals surface area contributed by atoms with Crippen molar-refractivity contribution in [1.29, 1.82) is 0 Å². The maximum atomic E-state index is 11.5. The Hall–Kier alpha value is -1.40. The molecule has 1 heterocycles. The molecule has 1 aliphatic heterocycles. The van der Waals surface area contributed by atoms with E-state index in [-0.39, 0.29) is 35.7 Å². The summed E-state index contributed by atoms with van der Waals surface area (Å²) in [4.78, 5) is 22.9. The molecule has 28 heavy (non-hydrogen) atoms. The third-order valence-electron chi connectivity index (χ3n) is 7.58. The predicted octanol–water partition coefficient (Wildman–Crippen LogP) is 3.47. The molecule has 1 saturated carbocycles. The lowest BCUT2D eigenvalue weighted by Crippen LogP contribution is -2.64. The van der Waals surface area contributed by atoms with Crippen LogP contribution >= 0.6 is 0 Å². The van der Waals surface area contributed by atoms with E-state index in [2.05, 4.69) is 20.8 Å². The minimum absolute atomic E-state index is 0.0120. The highest BCUT2D eigenvalue weighted by molar-refractivity contribution is 5.68. The topological polar surface area (TPSA) is 93.1 Å². The Morgan fingerprint density at radius 3 is 2.46 bits per heavy atom. The van der Waals surface area contributed by atoms with Crippen LogP contribution in [0.3, 0.4) is 0 Å². The highest BCUT2D eigenvalue weighted by Gasteiger charge is 2.67. The van der Waals surface area contributed by atoms with Crippen LogP contribution in [0.15, 0.2) is 11.6 Å². The molecule has 1 spiro atoms. The summed E-state index contributed by atoms with van der Waals surface area (Å²) in [5.74, 6) is -1.28. The highest BCUT2D eigenvalue weighted by Crippen LogP contribution is 2.66. The highest BCUT2D eigenvalue weighted by atomic mass is 16.5. The molecule has 2 N–H and O–H groups in total. The molecule has 0 radical (unpaired) electrons. The zero-order valence-corrected chi connectivity index (χ0v) is 17.7. The minimum Gasteiger partial charge on any atom is -0.481 e. The number of aliphatic hydroxyl groups is 1. The first kappa shape index (κ1) is 21.3. The number of rotatable bonds is 4. The second-order valence-electron chi connectivity index (χ2n) is 10.1. The summed E-state index contributed by atoms with van der Waals surface area (Å²) in [7, 11) is 0. The van der Waals surface area contributed by atoms with Crippen molar-refractivity contribution in [2.24, 2.45) is 16.7 Å².